The molecule has 4 amide bonds. The van der Waals surface area contributed by atoms with Crippen molar-refractivity contribution in [2.24, 2.45) is 10.9 Å². The molecular weight excluding hydrogens is 378 g/mol. The maximum absolute atomic E-state index is 12.9. The fourth-order valence-corrected chi connectivity index (χ4v) is 3.24. The summed E-state index contributed by atoms with van der Waals surface area (Å²) in [6, 6.07) is 3.90. The highest BCUT2D eigenvalue weighted by molar-refractivity contribution is 6.33. The molecule has 1 aromatic rings. The predicted molar refractivity (Wildman–Crippen MR) is 107 cm³/mol. The second-order valence-corrected chi connectivity index (χ2v) is 6.63. The molecule has 2 aliphatic heterocycles. The lowest BCUT2D eigenvalue weighted by molar-refractivity contribution is -0.131. The second kappa shape index (κ2) is 9.48. The van der Waals surface area contributed by atoms with Crippen LogP contribution in [0.25, 0.3) is 0 Å². The average Bonchev–Trinajstić information content (AvgIpc) is 2.73. The van der Waals surface area contributed by atoms with Gasteiger partial charge < -0.3 is 14.8 Å². The molecule has 10 heteroatoms. The van der Waals surface area contributed by atoms with Crippen LogP contribution in [0.4, 0.5) is 10.5 Å². The SMILES string of the molecule is COc1ccc(OC)c(N2C(=O)NC(=O)[C@@H](C=NCCN3CCNCC3)C2=O)c1. The van der Waals surface area contributed by atoms with Crippen LogP contribution in [0, 0.1) is 5.92 Å². The van der Waals surface area contributed by atoms with E-state index in [9.17, 15) is 14.4 Å². The van der Waals surface area contributed by atoms with Crippen LogP contribution in [-0.2, 0) is 9.59 Å². The monoisotopic (exact) mass is 403 g/mol. The van der Waals surface area contributed by atoms with Gasteiger partial charge >= 0.3 is 6.03 Å². The molecule has 0 radical (unpaired) electrons. The number of carbonyl (C=O) groups excluding carboxylic acids is 3. The summed E-state index contributed by atoms with van der Waals surface area (Å²) in [5.41, 5.74) is 0.195. The molecule has 1 atom stereocenters. The van der Waals surface area contributed by atoms with Gasteiger partial charge in [-0.1, -0.05) is 0 Å². The van der Waals surface area contributed by atoms with Gasteiger partial charge in [-0.05, 0) is 12.1 Å². The van der Waals surface area contributed by atoms with Crippen LogP contribution in [0.5, 0.6) is 11.5 Å². The van der Waals surface area contributed by atoms with Crippen molar-refractivity contribution in [1.82, 2.24) is 15.5 Å². The maximum Gasteiger partial charge on any atom is 0.335 e. The lowest BCUT2D eigenvalue weighted by atomic mass is 10.1. The summed E-state index contributed by atoms with van der Waals surface area (Å²) in [5, 5.41) is 5.48. The zero-order valence-electron chi connectivity index (χ0n) is 16.5. The second-order valence-electron chi connectivity index (χ2n) is 6.63. The Morgan fingerprint density at radius 3 is 2.62 bits per heavy atom. The molecule has 3 rings (SSSR count). The molecule has 0 unspecified atom stereocenters. The van der Waals surface area contributed by atoms with Gasteiger partial charge in [-0.15, -0.1) is 0 Å². The Bertz CT molecular complexity index is 806. The number of urea groups is 1. The smallest absolute Gasteiger partial charge is 0.335 e. The van der Waals surface area contributed by atoms with Crippen molar-refractivity contribution in [2.75, 3.05) is 58.4 Å². The molecule has 2 aliphatic rings. The molecule has 0 spiro atoms. The number of rotatable bonds is 7. The molecular formula is C19H25N5O5. The van der Waals surface area contributed by atoms with Crippen LogP contribution in [0.1, 0.15) is 0 Å². The number of benzene rings is 1. The lowest BCUT2D eigenvalue weighted by Crippen LogP contribution is -2.58. The molecule has 156 valence electrons. The number of hydrogen-bond acceptors (Lipinski definition) is 8. The third-order valence-electron chi connectivity index (χ3n) is 4.84. The number of nitrogens with one attached hydrogen (secondary N) is 2. The number of barbiturate groups is 1. The number of ether oxygens (including phenoxy) is 2. The van der Waals surface area contributed by atoms with E-state index in [0.29, 0.717) is 18.0 Å². The van der Waals surface area contributed by atoms with Gasteiger partial charge in [0, 0.05) is 45.0 Å². The molecule has 2 saturated heterocycles. The van der Waals surface area contributed by atoms with Crippen LogP contribution in [0.3, 0.4) is 0 Å². The first-order valence-corrected chi connectivity index (χ1v) is 9.39. The molecule has 0 aliphatic carbocycles. The van der Waals surface area contributed by atoms with E-state index < -0.39 is 23.8 Å². The Labute approximate surface area is 168 Å². The molecule has 0 saturated carbocycles. The first-order valence-electron chi connectivity index (χ1n) is 9.39. The minimum absolute atomic E-state index is 0.195. The van der Waals surface area contributed by atoms with E-state index in [0.717, 1.165) is 37.6 Å². The normalized spacial score (nSPS) is 20.8. The van der Waals surface area contributed by atoms with Crippen molar-refractivity contribution >= 4 is 29.7 Å². The first-order chi connectivity index (χ1) is 14.0. The number of methoxy groups -OCH3 is 2. The van der Waals surface area contributed by atoms with Crippen molar-refractivity contribution < 1.29 is 23.9 Å². The summed E-state index contributed by atoms with van der Waals surface area (Å²) in [5.74, 6) is -1.82. The van der Waals surface area contributed by atoms with Gasteiger partial charge in [0.05, 0.1) is 26.5 Å². The molecule has 29 heavy (non-hydrogen) atoms. The fourth-order valence-electron chi connectivity index (χ4n) is 3.24. The largest absolute Gasteiger partial charge is 0.497 e. The summed E-state index contributed by atoms with van der Waals surface area (Å²) < 4.78 is 10.4. The van der Waals surface area contributed by atoms with Gasteiger partial charge in [0.2, 0.25) is 5.91 Å². The van der Waals surface area contributed by atoms with Crippen molar-refractivity contribution in [3.8, 4) is 11.5 Å². The summed E-state index contributed by atoms with van der Waals surface area (Å²) in [4.78, 5) is 45.0. The van der Waals surface area contributed by atoms with E-state index in [-0.39, 0.29) is 5.69 Å². The van der Waals surface area contributed by atoms with E-state index >= 15 is 0 Å². The van der Waals surface area contributed by atoms with Gasteiger partial charge in [-0.2, -0.15) is 0 Å². The molecule has 2 heterocycles. The van der Waals surface area contributed by atoms with Crippen LogP contribution < -0.4 is 25.0 Å². The number of aliphatic imine (C=N–C) groups is 1. The van der Waals surface area contributed by atoms with E-state index in [1.807, 2.05) is 0 Å². The minimum Gasteiger partial charge on any atom is -0.497 e. The van der Waals surface area contributed by atoms with Crippen LogP contribution in [0.2, 0.25) is 0 Å². The van der Waals surface area contributed by atoms with Crippen LogP contribution in [-0.4, -0.2) is 82.4 Å². The topological polar surface area (TPSA) is 113 Å². The molecule has 0 bridgehead atoms. The number of nitrogens with zero attached hydrogens (tertiary/aromatic N) is 3. The number of imide groups is 2. The zero-order chi connectivity index (χ0) is 20.8. The Morgan fingerprint density at radius 2 is 1.93 bits per heavy atom. The Balaban J connectivity index is 1.75. The Hall–Kier alpha value is -2.98. The van der Waals surface area contributed by atoms with Crippen LogP contribution in [0.15, 0.2) is 23.2 Å². The number of carbonyl (C=O) groups is 3. The zero-order valence-corrected chi connectivity index (χ0v) is 16.5. The van der Waals surface area contributed by atoms with E-state index in [2.05, 4.69) is 20.5 Å². The van der Waals surface area contributed by atoms with Crippen molar-refractivity contribution in [3.05, 3.63) is 18.2 Å². The maximum atomic E-state index is 12.9. The molecule has 2 N–H and O–H groups in total. The fraction of sp³-hybridized carbons (Fsp3) is 0.474. The van der Waals surface area contributed by atoms with E-state index in [4.69, 9.17) is 9.47 Å². The molecule has 0 aromatic heterocycles. The van der Waals surface area contributed by atoms with Gasteiger partial charge in [0.15, 0.2) is 5.92 Å². The highest BCUT2D eigenvalue weighted by Crippen LogP contribution is 2.34. The summed E-state index contributed by atoms with van der Waals surface area (Å²) in [6.45, 7) is 4.96. The third-order valence-corrected chi connectivity index (χ3v) is 4.84. The summed E-state index contributed by atoms with van der Waals surface area (Å²) >= 11 is 0. The van der Waals surface area contributed by atoms with Gasteiger partial charge in [-0.3, -0.25) is 24.8 Å². The highest BCUT2D eigenvalue weighted by atomic mass is 16.5. The van der Waals surface area contributed by atoms with Gasteiger partial charge in [0.25, 0.3) is 5.91 Å². The highest BCUT2D eigenvalue weighted by Gasteiger charge is 2.41. The minimum atomic E-state index is -1.19. The quantitative estimate of drug-likeness (QED) is 0.482. The number of piperazine rings is 1. The number of anilines is 1. The van der Waals surface area contributed by atoms with E-state index in [1.165, 1.54) is 26.5 Å². The summed E-state index contributed by atoms with van der Waals surface area (Å²) in [6.07, 6.45) is 1.31. The number of hydrogen-bond donors (Lipinski definition) is 2. The molecule has 1 aromatic carbocycles. The Kier molecular flexibility index (Phi) is 6.78. The van der Waals surface area contributed by atoms with E-state index in [1.54, 1.807) is 12.1 Å². The van der Waals surface area contributed by atoms with Crippen molar-refractivity contribution in [1.29, 1.82) is 0 Å². The number of amides is 4. The van der Waals surface area contributed by atoms with Crippen molar-refractivity contribution in [3.63, 3.8) is 0 Å². The predicted octanol–water partition coefficient (Wildman–Crippen LogP) is -0.121. The summed E-state index contributed by atoms with van der Waals surface area (Å²) in [7, 11) is 2.90. The van der Waals surface area contributed by atoms with Crippen LogP contribution >= 0.6 is 0 Å². The average molecular weight is 403 g/mol. The van der Waals surface area contributed by atoms with Crippen molar-refractivity contribution in [2.45, 2.75) is 0 Å². The first kappa shape index (κ1) is 20.7. The Morgan fingerprint density at radius 1 is 1.17 bits per heavy atom. The lowest BCUT2D eigenvalue weighted by Gasteiger charge is -2.29. The van der Waals surface area contributed by atoms with Gasteiger partial charge in [0.1, 0.15) is 11.5 Å². The standard InChI is InChI=1S/C19H25N5O5/c1-28-13-3-4-16(29-2)15(11-13)24-18(26)14(17(25)22-19(24)27)12-21-7-10-23-8-5-20-6-9-23/h3-4,11-12,14,20H,5-10H2,1-2H3,(H,22,25,27)/t14-/m1/s1. The third kappa shape index (κ3) is 4.72. The molecule has 10 nitrogen and oxygen atoms in total. The molecule has 2 fully saturated rings. The van der Waals surface area contributed by atoms with Gasteiger partial charge in [-0.25, -0.2) is 9.69 Å².